The highest BCUT2D eigenvalue weighted by molar-refractivity contribution is 5.68. The summed E-state index contributed by atoms with van der Waals surface area (Å²) in [6.45, 7) is 4.81. The van der Waals surface area contributed by atoms with Crippen LogP contribution in [-0.2, 0) is 4.79 Å². The lowest BCUT2D eigenvalue weighted by Crippen LogP contribution is -2.55. The lowest BCUT2D eigenvalue weighted by Gasteiger charge is -2.59. The van der Waals surface area contributed by atoms with Crippen molar-refractivity contribution in [3.8, 4) is 0 Å². The quantitative estimate of drug-likeness (QED) is 0.712. The molecule has 0 amide bonds. The summed E-state index contributed by atoms with van der Waals surface area (Å²) in [7, 11) is 0. The van der Waals surface area contributed by atoms with Gasteiger partial charge in [-0.25, -0.2) is 0 Å². The molecule has 3 N–H and O–H groups in total. The number of hydrogen-bond donors (Lipinski definition) is 2. The highest BCUT2D eigenvalue weighted by Crippen LogP contribution is 2.62. The molecule has 1 fully saturated rings. The Balaban J connectivity index is 2.84. The second-order valence-corrected chi connectivity index (χ2v) is 4.54. The van der Waals surface area contributed by atoms with Crippen molar-refractivity contribution in [1.82, 2.24) is 0 Å². The van der Waals surface area contributed by atoms with Gasteiger partial charge in [0.05, 0.1) is 6.42 Å². The minimum atomic E-state index is -0.707. The third-order valence-corrected chi connectivity index (χ3v) is 4.44. The van der Waals surface area contributed by atoms with E-state index >= 15 is 0 Å². The first-order valence-electron chi connectivity index (χ1n) is 5.48. The van der Waals surface area contributed by atoms with Crippen molar-refractivity contribution >= 4 is 5.97 Å². The molecule has 0 aromatic rings. The molecule has 0 aromatic carbocycles. The van der Waals surface area contributed by atoms with E-state index in [1.165, 1.54) is 0 Å². The molecular weight excluding hydrogens is 178 g/mol. The van der Waals surface area contributed by atoms with Crippen LogP contribution in [-0.4, -0.2) is 17.6 Å². The number of carbonyl (C=O) groups is 1. The molecule has 1 aliphatic rings. The van der Waals surface area contributed by atoms with Crippen LogP contribution < -0.4 is 5.73 Å². The number of rotatable bonds is 5. The van der Waals surface area contributed by atoms with Crippen molar-refractivity contribution in [2.24, 2.45) is 16.6 Å². The molecule has 0 aliphatic heterocycles. The highest BCUT2D eigenvalue weighted by atomic mass is 16.4. The van der Waals surface area contributed by atoms with Gasteiger partial charge in [-0.05, 0) is 43.1 Å². The molecular formula is C11H21NO2. The Hall–Kier alpha value is -0.570. The van der Waals surface area contributed by atoms with Crippen molar-refractivity contribution in [3.05, 3.63) is 0 Å². The first kappa shape index (κ1) is 11.5. The minimum absolute atomic E-state index is 0.123. The molecule has 0 radical (unpaired) electrons. The van der Waals surface area contributed by atoms with Gasteiger partial charge >= 0.3 is 5.97 Å². The fourth-order valence-electron chi connectivity index (χ4n) is 3.14. The van der Waals surface area contributed by atoms with Crippen molar-refractivity contribution in [1.29, 1.82) is 0 Å². The molecule has 0 spiro atoms. The third kappa shape index (κ3) is 1.44. The van der Waals surface area contributed by atoms with Gasteiger partial charge in [0.15, 0.2) is 0 Å². The Morgan fingerprint density at radius 3 is 2.00 bits per heavy atom. The number of aliphatic carboxylic acids is 1. The van der Waals surface area contributed by atoms with Gasteiger partial charge in [-0.15, -0.1) is 0 Å². The Morgan fingerprint density at radius 2 is 1.79 bits per heavy atom. The van der Waals surface area contributed by atoms with Gasteiger partial charge in [-0.3, -0.25) is 4.79 Å². The predicted molar refractivity (Wildman–Crippen MR) is 56.0 cm³/mol. The first-order valence-corrected chi connectivity index (χ1v) is 5.48. The highest BCUT2D eigenvalue weighted by Gasteiger charge is 2.56. The number of hydrogen-bond acceptors (Lipinski definition) is 2. The summed E-state index contributed by atoms with van der Waals surface area (Å²) >= 11 is 0. The Bertz CT molecular complexity index is 214. The van der Waals surface area contributed by atoms with Gasteiger partial charge in [0.1, 0.15) is 0 Å². The SMILES string of the molecule is CCC1(CC)CCC1(CN)CC(=O)O. The minimum Gasteiger partial charge on any atom is -0.481 e. The van der Waals surface area contributed by atoms with Crippen molar-refractivity contribution in [2.75, 3.05) is 6.54 Å². The van der Waals surface area contributed by atoms with Crippen LogP contribution in [0.5, 0.6) is 0 Å². The van der Waals surface area contributed by atoms with E-state index in [0.29, 0.717) is 6.54 Å². The van der Waals surface area contributed by atoms with Gasteiger partial charge in [-0.2, -0.15) is 0 Å². The average Bonchev–Trinajstić information content (AvgIpc) is 2.14. The number of nitrogens with two attached hydrogens (primary N) is 1. The zero-order valence-electron chi connectivity index (χ0n) is 9.18. The number of carboxylic acid groups (broad SMARTS) is 1. The summed E-state index contributed by atoms with van der Waals surface area (Å²) in [6.07, 6.45) is 4.47. The van der Waals surface area contributed by atoms with Crippen LogP contribution in [0.2, 0.25) is 0 Å². The van der Waals surface area contributed by atoms with Crippen LogP contribution in [0.4, 0.5) is 0 Å². The van der Waals surface area contributed by atoms with Crippen LogP contribution >= 0.6 is 0 Å². The molecule has 14 heavy (non-hydrogen) atoms. The summed E-state index contributed by atoms with van der Waals surface area (Å²) in [4.78, 5) is 10.8. The van der Waals surface area contributed by atoms with Crippen LogP contribution in [0.1, 0.15) is 46.0 Å². The Kier molecular flexibility index (Phi) is 3.20. The standard InChI is InChI=1S/C11H21NO2/c1-3-10(4-2)5-6-11(10,8-12)7-9(13)14/h3-8,12H2,1-2H3,(H,13,14). The maximum atomic E-state index is 10.8. The average molecular weight is 199 g/mol. The van der Waals surface area contributed by atoms with Crippen molar-refractivity contribution < 1.29 is 9.90 Å². The van der Waals surface area contributed by atoms with E-state index in [4.69, 9.17) is 10.8 Å². The number of carboxylic acids is 1. The zero-order valence-corrected chi connectivity index (χ0v) is 9.18. The third-order valence-electron chi connectivity index (χ3n) is 4.44. The molecule has 0 aromatic heterocycles. The van der Waals surface area contributed by atoms with E-state index < -0.39 is 5.97 Å². The summed E-state index contributed by atoms with van der Waals surface area (Å²) in [5.41, 5.74) is 5.85. The van der Waals surface area contributed by atoms with E-state index in [-0.39, 0.29) is 17.3 Å². The van der Waals surface area contributed by atoms with E-state index in [9.17, 15) is 4.79 Å². The largest absolute Gasteiger partial charge is 0.481 e. The molecule has 82 valence electrons. The lowest BCUT2D eigenvalue weighted by molar-refractivity contribution is -0.152. The maximum Gasteiger partial charge on any atom is 0.303 e. The molecule has 0 saturated heterocycles. The fraction of sp³-hybridized carbons (Fsp3) is 0.909. The molecule has 1 rings (SSSR count). The Labute approximate surface area is 85.7 Å². The van der Waals surface area contributed by atoms with Gasteiger partial charge in [-0.1, -0.05) is 13.8 Å². The zero-order chi connectivity index (χ0) is 10.8. The summed E-state index contributed by atoms with van der Waals surface area (Å²) in [5.74, 6) is -0.707. The van der Waals surface area contributed by atoms with Crippen molar-refractivity contribution in [3.63, 3.8) is 0 Å². The van der Waals surface area contributed by atoms with E-state index in [1.807, 2.05) is 0 Å². The first-order chi connectivity index (χ1) is 6.56. The van der Waals surface area contributed by atoms with E-state index in [1.54, 1.807) is 0 Å². The molecule has 1 atom stereocenters. The van der Waals surface area contributed by atoms with Gasteiger partial charge in [0.25, 0.3) is 0 Å². The van der Waals surface area contributed by atoms with Crippen LogP contribution in [0, 0.1) is 10.8 Å². The molecule has 3 heteroatoms. The summed E-state index contributed by atoms with van der Waals surface area (Å²) in [5, 5.41) is 8.91. The smallest absolute Gasteiger partial charge is 0.303 e. The maximum absolute atomic E-state index is 10.8. The van der Waals surface area contributed by atoms with Crippen LogP contribution in [0.3, 0.4) is 0 Å². The van der Waals surface area contributed by atoms with E-state index in [2.05, 4.69) is 13.8 Å². The topological polar surface area (TPSA) is 63.3 Å². The predicted octanol–water partition coefficient (Wildman–Crippen LogP) is 2.01. The molecule has 0 bridgehead atoms. The summed E-state index contributed by atoms with van der Waals surface area (Å²) in [6, 6.07) is 0. The van der Waals surface area contributed by atoms with Gasteiger partial charge < -0.3 is 10.8 Å². The molecule has 0 heterocycles. The van der Waals surface area contributed by atoms with Crippen molar-refractivity contribution in [2.45, 2.75) is 46.0 Å². The lowest BCUT2D eigenvalue weighted by atomic mass is 9.46. The Morgan fingerprint density at radius 1 is 1.29 bits per heavy atom. The summed E-state index contributed by atoms with van der Waals surface area (Å²) < 4.78 is 0. The van der Waals surface area contributed by atoms with Crippen LogP contribution in [0.15, 0.2) is 0 Å². The molecule has 1 unspecified atom stereocenters. The fourth-order valence-corrected chi connectivity index (χ4v) is 3.14. The van der Waals surface area contributed by atoms with Crippen LogP contribution in [0.25, 0.3) is 0 Å². The van der Waals surface area contributed by atoms with E-state index in [0.717, 1.165) is 25.7 Å². The monoisotopic (exact) mass is 199 g/mol. The normalized spacial score (nSPS) is 29.6. The molecule has 1 aliphatic carbocycles. The molecule has 3 nitrogen and oxygen atoms in total. The van der Waals surface area contributed by atoms with Gasteiger partial charge in [0.2, 0.25) is 0 Å². The molecule has 1 saturated carbocycles. The second kappa shape index (κ2) is 3.89. The second-order valence-electron chi connectivity index (χ2n) is 4.54. The van der Waals surface area contributed by atoms with Gasteiger partial charge in [0, 0.05) is 0 Å².